The summed E-state index contributed by atoms with van der Waals surface area (Å²) in [6.45, 7) is -0.226. The fraction of sp³-hybridized carbons (Fsp3) is 0.133. The number of rotatable bonds is 4. The molecule has 0 saturated heterocycles. The number of carbonyl (C=O) groups is 1. The lowest BCUT2D eigenvalue weighted by molar-refractivity contribution is -0.138. The highest BCUT2D eigenvalue weighted by Gasteiger charge is 2.33. The molecule has 0 fully saturated rings. The second-order valence-corrected chi connectivity index (χ2v) is 5.46. The van der Waals surface area contributed by atoms with Crippen LogP contribution in [0, 0.1) is 5.82 Å². The number of alkyl halides is 3. The van der Waals surface area contributed by atoms with Gasteiger partial charge in [0.05, 0.1) is 12.1 Å². The van der Waals surface area contributed by atoms with Crippen LogP contribution in [0.15, 0.2) is 46.9 Å². The standard InChI is InChI=1S/C15H11BrF4N2O/c16-13-6-5-11(7-12(13)15(18,19)20)21-8-14(23)22-10-3-1-9(17)2-4-10/h1-7,21H,8H2,(H,22,23). The fourth-order valence-corrected chi connectivity index (χ4v) is 2.24. The van der Waals surface area contributed by atoms with E-state index in [-0.39, 0.29) is 16.7 Å². The van der Waals surface area contributed by atoms with E-state index in [0.29, 0.717) is 5.69 Å². The molecule has 1 amide bonds. The molecule has 122 valence electrons. The number of nitrogens with one attached hydrogen (secondary N) is 2. The van der Waals surface area contributed by atoms with E-state index < -0.39 is 23.5 Å². The van der Waals surface area contributed by atoms with Crippen molar-refractivity contribution in [2.45, 2.75) is 6.18 Å². The van der Waals surface area contributed by atoms with Gasteiger partial charge in [-0.2, -0.15) is 13.2 Å². The Balaban J connectivity index is 1.98. The quantitative estimate of drug-likeness (QED) is 0.745. The third-order valence-electron chi connectivity index (χ3n) is 2.85. The molecule has 23 heavy (non-hydrogen) atoms. The minimum absolute atomic E-state index is 0.0775. The van der Waals surface area contributed by atoms with Crippen molar-refractivity contribution in [1.29, 1.82) is 0 Å². The third-order valence-corrected chi connectivity index (χ3v) is 3.54. The van der Waals surface area contributed by atoms with Crippen molar-refractivity contribution in [3.05, 3.63) is 58.3 Å². The minimum atomic E-state index is -4.49. The first kappa shape index (κ1) is 17.3. The zero-order valence-electron chi connectivity index (χ0n) is 11.5. The van der Waals surface area contributed by atoms with E-state index in [0.717, 1.165) is 6.07 Å². The molecule has 0 unspecified atom stereocenters. The molecule has 3 nitrogen and oxygen atoms in total. The molecule has 2 aromatic carbocycles. The normalized spacial score (nSPS) is 11.2. The molecule has 0 saturated carbocycles. The summed E-state index contributed by atoms with van der Waals surface area (Å²) in [6.07, 6.45) is -4.49. The van der Waals surface area contributed by atoms with Crippen molar-refractivity contribution in [3.8, 4) is 0 Å². The average Bonchev–Trinajstić information content (AvgIpc) is 2.47. The number of hydrogen-bond acceptors (Lipinski definition) is 2. The largest absolute Gasteiger partial charge is 0.417 e. The third kappa shape index (κ3) is 4.95. The molecule has 2 aromatic rings. The van der Waals surface area contributed by atoms with Crippen molar-refractivity contribution in [2.75, 3.05) is 17.2 Å². The lowest BCUT2D eigenvalue weighted by Crippen LogP contribution is -2.22. The minimum Gasteiger partial charge on any atom is -0.376 e. The van der Waals surface area contributed by atoms with Crippen LogP contribution in [0.4, 0.5) is 28.9 Å². The highest BCUT2D eigenvalue weighted by atomic mass is 79.9. The first-order valence-electron chi connectivity index (χ1n) is 6.42. The van der Waals surface area contributed by atoms with Crippen LogP contribution >= 0.6 is 15.9 Å². The fourth-order valence-electron chi connectivity index (χ4n) is 1.77. The van der Waals surface area contributed by atoms with E-state index in [4.69, 9.17) is 0 Å². The predicted molar refractivity (Wildman–Crippen MR) is 82.7 cm³/mol. The number of halogens is 5. The molecule has 0 atom stereocenters. The highest BCUT2D eigenvalue weighted by molar-refractivity contribution is 9.10. The van der Waals surface area contributed by atoms with Gasteiger partial charge < -0.3 is 10.6 Å². The van der Waals surface area contributed by atoms with Gasteiger partial charge in [0, 0.05) is 15.8 Å². The highest BCUT2D eigenvalue weighted by Crippen LogP contribution is 2.36. The summed E-state index contributed by atoms with van der Waals surface area (Å²) in [7, 11) is 0. The zero-order valence-corrected chi connectivity index (χ0v) is 13.1. The first-order valence-corrected chi connectivity index (χ1v) is 7.21. The SMILES string of the molecule is O=C(CNc1ccc(Br)c(C(F)(F)F)c1)Nc1ccc(F)cc1. The maximum Gasteiger partial charge on any atom is 0.417 e. The van der Waals surface area contributed by atoms with Gasteiger partial charge in [0.2, 0.25) is 5.91 Å². The summed E-state index contributed by atoms with van der Waals surface area (Å²) in [5.74, 6) is -0.899. The van der Waals surface area contributed by atoms with Crippen molar-refractivity contribution < 1.29 is 22.4 Å². The zero-order chi connectivity index (χ0) is 17.0. The van der Waals surface area contributed by atoms with Crippen LogP contribution in [0.5, 0.6) is 0 Å². The molecule has 0 heterocycles. The van der Waals surface area contributed by atoms with Gasteiger partial charge in [-0.05, 0) is 42.5 Å². The van der Waals surface area contributed by atoms with E-state index in [1.165, 1.54) is 36.4 Å². The van der Waals surface area contributed by atoms with Gasteiger partial charge in [-0.1, -0.05) is 15.9 Å². The summed E-state index contributed by atoms with van der Waals surface area (Å²) in [6, 6.07) is 8.73. The Kier molecular flexibility index (Phi) is 5.25. The molecule has 0 aliphatic rings. The average molecular weight is 391 g/mol. The molecule has 2 rings (SSSR count). The lowest BCUT2D eigenvalue weighted by atomic mass is 10.2. The van der Waals surface area contributed by atoms with Crippen LogP contribution in [-0.2, 0) is 11.0 Å². The van der Waals surface area contributed by atoms with Crippen molar-refractivity contribution in [1.82, 2.24) is 0 Å². The van der Waals surface area contributed by atoms with E-state index in [1.807, 2.05) is 0 Å². The number of hydrogen-bond donors (Lipinski definition) is 2. The second-order valence-electron chi connectivity index (χ2n) is 4.60. The van der Waals surface area contributed by atoms with Crippen LogP contribution < -0.4 is 10.6 Å². The topological polar surface area (TPSA) is 41.1 Å². The molecule has 0 spiro atoms. The van der Waals surface area contributed by atoms with Crippen LogP contribution in [0.25, 0.3) is 0 Å². The Bertz CT molecular complexity index is 702. The summed E-state index contributed by atoms with van der Waals surface area (Å²) >= 11 is 2.84. The van der Waals surface area contributed by atoms with Crippen molar-refractivity contribution >= 4 is 33.2 Å². The molecule has 0 bridgehead atoms. The maximum absolute atomic E-state index is 12.8. The van der Waals surface area contributed by atoms with Gasteiger partial charge in [0.1, 0.15) is 5.82 Å². The van der Waals surface area contributed by atoms with Gasteiger partial charge in [-0.3, -0.25) is 4.79 Å². The van der Waals surface area contributed by atoms with Crippen LogP contribution in [0.1, 0.15) is 5.56 Å². The predicted octanol–water partition coefficient (Wildman–Crippen LogP) is 4.66. The van der Waals surface area contributed by atoms with Crippen molar-refractivity contribution in [2.24, 2.45) is 0 Å². The van der Waals surface area contributed by atoms with Gasteiger partial charge in [0.15, 0.2) is 0 Å². The molecule has 0 aliphatic heterocycles. The monoisotopic (exact) mass is 390 g/mol. The Hall–Kier alpha value is -2.09. The van der Waals surface area contributed by atoms with Gasteiger partial charge in [0.25, 0.3) is 0 Å². The van der Waals surface area contributed by atoms with Crippen molar-refractivity contribution in [3.63, 3.8) is 0 Å². The molecule has 0 radical (unpaired) electrons. The van der Waals surface area contributed by atoms with Gasteiger partial charge in [-0.15, -0.1) is 0 Å². The van der Waals surface area contributed by atoms with E-state index in [9.17, 15) is 22.4 Å². The van der Waals surface area contributed by atoms with Gasteiger partial charge in [-0.25, -0.2) is 4.39 Å². The molecule has 0 aromatic heterocycles. The van der Waals surface area contributed by atoms with Crippen LogP contribution in [0.2, 0.25) is 0 Å². The molecular formula is C15H11BrF4N2O. The number of anilines is 2. The Morgan fingerprint density at radius 2 is 1.65 bits per heavy atom. The van der Waals surface area contributed by atoms with E-state index in [1.54, 1.807) is 0 Å². The Labute approximate surface area is 137 Å². The smallest absolute Gasteiger partial charge is 0.376 e. The maximum atomic E-state index is 12.8. The van der Waals surface area contributed by atoms with E-state index in [2.05, 4.69) is 26.6 Å². The first-order chi connectivity index (χ1) is 10.8. The lowest BCUT2D eigenvalue weighted by Gasteiger charge is -2.12. The number of benzene rings is 2. The summed E-state index contributed by atoms with van der Waals surface area (Å²) in [4.78, 5) is 11.7. The summed E-state index contributed by atoms with van der Waals surface area (Å²) < 4.78 is 51.0. The van der Waals surface area contributed by atoms with E-state index >= 15 is 0 Å². The van der Waals surface area contributed by atoms with Crippen LogP contribution in [0.3, 0.4) is 0 Å². The number of amides is 1. The summed E-state index contributed by atoms with van der Waals surface area (Å²) in [5.41, 5.74) is -0.277. The second kappa shape index (κ2) is 6.99. The molecule has 0 aliphatic carbocycles. The Morgan fingerprint density at radius 1 is 1.04 bits per heavy atom. The van der Waals surface area contributed by atoms with Gasteiger partial charge >= 0.3 is 6.18 Å². The molecular weight excluding hydrogens is 380 g/mol. The molecule has 2 N–H and O–H groups in total. The summed E-state index contributed by atoms with van der Waals surface area (Å²) in [5, 5.41) is 5.10. The Morgan fingerprint density at radius 3 is 2.26 bits per heavy atom. The number of carbonyl (C=O) groups excluding carboxylic acids is 1. The van der Waals surface area contributed by atoms with Crippen LogP contribution in [-0.4, -0.2) is 12.5 Å². The molecule has 8 heteroatoms.